The van der Waals surface area contributed by atoms with Crippen molar-refractivity contribution in [2.24, 2.45) is 0 Å². The lowest BCUT2D eigenvalue weighted by molar-refractivity contribution is 0.0646. The van der Waals surface area contributed by atoms with Crippen LogP contribution in [0.15, 0.2) is 53.5 Å². The first-order valence-corrected chi connectivity index (χ1v) is 10.0. The summed E-state index contributed by atoms with van der Waals surface area (Å²) in [5.41, 5.74) is 2.44. The Hall–Kier alpha value is -4.48. The number of rotatable bonds is 3. The molecule has 6 heterocycles. The van der Waals surface area contributed by atoms with E-state index in [0.29, 0.717) is 24.4 Å². The Morgan fingerprint density at radius 1 is 1.18 bits per heavy atom. The first-order valence-electron chi connectivity index (χ1n) is 10.0. The van der Waals surface area contributed by atoms with Gasteiger partial charge in [0.1, 0.15) is 28.9 Å². The zero-order valence-electron chi connectivity index (χ0n) is 16.8. The summed E-state index contributed by atoms with van der Waals surface area (Å²) in [5, 5.41) is 12.2. The van der Waals surface area contributed by atoms with Crippen LogP contribution in [0.4, 0.5) is 8.78 Å². The van der Waals surface area contributed by atoms with Crippen molar-refractivity contribution in [1.29, 1.82) is 0 Å². The third kappa shape index (κ3) is 3.14. The molecule has 0 bridgehead atoms. The number of nitrogens with one attached hydrogen (secondary N) is 1. The Bertz CT molecular complexity index is 1490. The highest BCUT2D eigenvalue weighted by atomic mass is 19.1. The molecule has 1 atom stereocenters. The fourth-order valence-corrected chi connectivity index (χ4v) is 3.97. The third-order valence-electron chi connectivity index (χ3n) is 5.49. The predicted octanol–water partition coefficient (Wildman–Crippen LogP) is 2.57. The fourth-order valence-electron chi connectivity index (χ4n) is 3.97. The van der Waals surface area contributed by atoms with Crippen LogP contribution in [0.25, 0.3) is 17.1 Å². The second kappa shape index (κ2) is 7.29. The molecule has 1 amide bonds. The molecule has 0 aromatic carbocycles. The summed E-state index contributed by atoms with van der Waals surface area (Å²) < 4.78 is 34.4. The van der Waals surface area contributed by atoms with E-state index in [4.69, 9.17) is 4.42 Å². The monoisotopic (exact) mass is 448 g/mol. The molecule has 12 heteroatoms. The van der Waals surface area contributed by atoms with Gasteiger partial charge in [-0.25, -0.2) is 23.3 Å². The number of amides is 1. The molecule has 1 aliphatic heterocycles. The number of fused-ring (bicyclic) bond motifs is 2. The van der Waals surface area contributed by atoms with Crippen LogP contribution < -0.4 is 0 Å². The molecular formula is C21H14F2N8O2. The highest BCUT2D eigenvalue weighted by Gasteiger charge is 2.38. The Balaban J connectivity index is 1.40. The zero-order valence-corrected chi connectivity index (χ0v) is 16.8. The lowest BCUT2D eigenvalue weighted by Crippen LogP contribution is -2.41. The van der Waals surface area contributed by atoms with Gasteiger partial charge in [-0.3, -0.25) is 4.79 Å². The number of nitrogens with zero attached hydrogens (tertiary/aromatic N) is 7. The van der Waals surface area contributed by atoms with Gasteiger partial charge in [0.05, 0.1) is 23.9 Å². The molecule has 0 unspecified atom stereocenters. The van der Waals surface area contributed by atoms with Gasteiger partial charge in [-0.15, -0.1) is 10.2 Å². The smallest absolute Gasteiger partial charge is 0.312 e. The van der Waals surface area contributed by atoms with Crippen LogP contribution >= 0.6 is 0 Å². The molecule has 0 aliphatic carbocycles. The van der Waals surface area contributed by atoms with E-state index in [1.807, 2.05) is 0 Å². The van der Waals surface area contributed by atoms with Crippen molar-refractivity contribution < 1.29 is 18.0 Å². The van der Waals surface area contributed by atoms with Gasteiger partial charge in [0.2, 0.25) is 0 Å². The fraction of sp³-hybridized carbons (Fsp3) is 0.143. The summed E-state index contributed by atoms with van der Waals surface area (Å²) >= 11 is 0. The summed E-state index contributed by atoms with van der Waals surface area (Å²) in [5.74, 6) is -1.74. The van der Waals surface area contributed by atoms with Gasteiger partial charge in [-0.1, -0.05) is 0 Å². The van der Waals surface area contributed by atoms with E-state index in [2.05, 4.69) is 30.2 Å². The molecule has 1 N–H and O–H groups in total. The average Bonchev–Trinajstić information content (AvgIpc) is 3.57. The largest absolute Gasteiger partial charge is 0.411 e. The number of aromatic amines is 1. The van der Waals surface area contributed by atoms with E-state index in [1.165, 1.54) is 27.6 Å². The van der Waals surface area contributed by atoms with Crippen molar-refractivity contribution in [2.45, 2.75) is 12.5 Å². The number of carbonyl (C=O) groups excluding carboxylic acids is 1. The Morgan fingerprint density at radius 2 is 2.09 bits per heavy atom. The van der Waals surface area contributed by atoms with Crippen molar-refractivity contribution in [3.8, 4) is 11.6 Å². The second-order valence-corrected chi connectivity index (χ2v) is 7.45. The van der Waals surface area contributed by atoms with Crippen molar-refractivity contribution in [1.82, 2.24) is 39.7 Å². The molecule has 0 saturated carbocycles. The van der Waals surface area contributed by atoms with Crippen LogP contribution in [0.3, 0.4) is 0 Å². The summed E-state index contributed by atoms with van der Waals surface area (Å²) in [6.07, 6.45) is 4.72. The number of pyridine rings is 2. The Kier molecular flexibility index (Phi) is 4.25. The maximum Gasteiger partial charge on any atom is 0.312 e. The molecule has 0 saturated heterocycles. The summed E-state index contributed by atoms with van der Waals surface area (Å²) in [7, 11) is 0. The molecule has 0 spiro atoms. The van der Waals surface area contributed by atoms with Crippen molar-refractivity contribution >= 4 is 11.4 Å². The molecule has 5 aromatic rings. The first kappa shape index (κ1) is 19.2. The maximum atomic E-state index is 14.3. The van der Waals surface area contributed by atoms with Gasteiger partial charge in [-0.05, 0) is 30.3 Å². The average molecular weight is 448 g/mol. The van der Waals surface area contributed by atoms with Crippen LogP contribution in [-0.2, 0) is 6.42 Å². The minimum Gasteiger partial charge on any atom is -0.411 e. The number of H-pyrrole nitrogens is 1. The molecular weight excluding hydrogens is 434 g/mol. The summed E-state index contributed by atoms with van der Waals surface area (Å²) in [4.78, 5) is 26.3. The van der Waals surface area contributed by atoms with Crippen LogP contribution in [0.1, 0.15) is 33.8 Å². The van der Waals surface area contributed by atoms with Crippen LogP contribution in [0, 0.1) is 11.6 Å². The lowest BCUT2D eigenvalue weighted by atomic mass is 9.99. The maximum absolute atomic E-state index is 14.3. The minimum absolute atomic E-state index is 0.0119. The summed E-state index contributed by atoms with van der Waals surface area (Å²) in [6.45, 7) is 0.321. The molecule has 0 fully saturated rings. The van der Waals surface area contributed by atoms with Gasteiger partial charge in [0.25, 0.3) is 5.89 Å². The second-order valence-electron chi connectivity index (χ2n) is 7.45. The van der Waals surface area contributed by atoms with Crippen molar-refractivity contribution in [3.63, 3.8) is 0 Å². The van der Waals surface area contributed by atoms with Gasteiger partial charge >= 0.3 is 11.8 Å². The molecule has 1 aliphatic rings. The normalized spacial score (nSPS) is 15.7. The molecule has 33 heavy (non-hydrogen) atoms. The SMILES string of the molecule is O=C(c1nnc(-c2ccc(F)cn2)o1)N1CCc2[nH]cnc2[C@H]1c1cc2c(F)cccn2n1. The van der Waals surface area contributed by atoms with E-state index in [9.17, 15) is 13.6 Å². The van der Waals surface area contributed by atoms with Crippen LogP contribution in [0.2, 0.25) is 0 Å². The lowest BCUT2D eigenvalue weighted by Gasteiger charge is -2.32. The van der Waals surface area contributed by atoms with Gasteiger partial charge in [-0.2, -0.15) is 5.10 Å². The van der Waals surface area contributed by atoms with E-state index < -0.39 is 23.6 Å². The molecule has 5 aromatic heterocycles. The molecule has 10 nitrogen and oxygen atoms in total. The minimum atomic E-state index is -0.689. The topological polar surface area (TPSA) is 118 Å². The van der Waals surface area contributed by atoms with Gasteiger partial charge < -0.3 is 14.3 Å². The predicted molar refractivity (Wildman–Crippen MR) is 108 cm³/mol. The number of carbonyl (C=O) groups is 1. The molecule has 6 rings (SSSR count). The zero-order chi connectivity index (χ0) is 22.5. The van der Waals surface area contributed by atoms with Gasteiger partial charge in [0, 0.05) is 24.9 Å². The Morgan fingerprint density at radius 3 is 2.91 bits per heavy atom. The Labute approximate surface area is 183 Å². The number of imidazole rings is 1. The standard InChI is InChI=1S/C21H14F2N8O2/c22-11-3-4-14(24-9-11)19-27-28-20(33-19)21(32)30-7-5-13-17(26-10-25-13)18(30)15-8-16-12(23)2-1-6-31(16)29-15/h1-4,6,8-10,18H,5,7H2,(H,25,26)/t18-/m1/s1. The van der Waals surface area contributed by atoms with Crippen molar-refractivity contribution in [3.05, 3.63) is 83.7 Å². The first-order chi connectivity index (χ1) is 16.1. The number of halogens is 2. The van der Waals surface area contributed by atoms with E-state index in [0.717, 1.165) is 11.9 Å². The number of hydrogen-bond acceptors (Lipinski definition) is 7. The van der Waals surface area contributed by atoms with Crippen LogP contribution in [-0.4, -0.2) is 52.1 Å². The van der Waals surface area contributed by atoms with E-state index in [1.54, 1.807) is 24.7 Å². The highest BCUT2D eigenvalue weighted by Crippen LogP contribution is 2.34. The number of aromatic nitrogens is 7. The number of hydrogen-bond donors (Lipinski definition) is 1. The summed E-state index contributed by atoms with van der Waals surface area (Å²) in [6, 6.07) is 6.37. The third-order valence-corrected chi connectivity index (χ3v) is 5.49. The van der Waals surface area contributed by atoms with E-state index in [-0.39, 0.29) is 23.0 Å². The van der Waals surface area contributed by atoms with Crippen LogP contribution in [0.5, 0.6) is 0 Å². The quantitative estimate of drug-likeness (QED) is 0.451. The molecule has 164 valence electrons. The van der Waals surface area contributed by atoms with Crippen molar-refractivity contribution in [2.75, 3.05) is 6.54 Å². The molecule has 0 radical (unpaired) electrons. The van der Waals surface area contributed by atoms with Gasteiger partial charge in [0.15, 0.2) is 0 Å². The highest BCUT2D eigenvalue weighted by molar-refractivity contribution is 5.90. The van der Waals surface area contributed by atoms with E-state index >= 15 is 0 Å².